The SMILES string of the molecule is [2H]C1([2H])N(C(=O)OCc2ccccc2)C([2H])([2H])C([2H])([2H])N(c2ccc(N3C(=O)O[C@@]([2H])(C([2H])([2H])NC(C)=O)C3([2H])[2H])cc2F)C1([2H])[2H]. The van der Waals surface area contributed by atoms with Gasteiger partial charge in [-0.2, -0.15) is 0 Å². The molecule has 2 aliphatic heterocycles. The van der Waals surface area contributed by atoms with Gasteiger partial charge in [0.25, 0.3) is 0 Å². The molecule has 9 nitrogen and oxygen atoms in total. The number of carbonyl (C=O) groups is 3. The second kappa shape index (κ2) is 10.4. The Hall–Kier alpha value is -3.82. The second-order valence-corrected chi connectivity index (χ2v) is 6.74. The minimum absolute atomic E-state index is 0.0228. The maximum atomic E-state index is 15.8. The zero-order valence-electron chi connectivity index (χ0n) is 30.6. The van der Waals surface area contributed by atoms with Crippen molar-refractivity contribution in [3.05, 3.63) is 59.9 Å². The highest BCUT2D eigenvalue weighted by molar-refractivity contribution is 5.90. The number of benzene rings is 2. The predicted octanol–water partition coefficient (Wildman–Crippen LogP) is 2.75. The van der Waals surface area contributed by atoms with Gasteiger partial charge in [-0.1, -0.05) is 30.3 Å². The molecule has 1 N–H and O–H groups in total. The molecule has 2 aromatic carbocycles. The van der Waals surface area contributed by atoms with Gasteiger partial charge in [-0.25, -0.2) is 14.0 Å². The van der Waals surface area contributed by atoms with Crippen molar-refractivity contribution in [2.45, 2.75) is 19.6 Å². The maximum Gasteiger partial charge on any atom is 0.414 e. The van der Waals surface area contributed by atoms with Crippen LogP contribution in [0.15, 0.2) is 48.5 Å². The molecule has 0 unspecified atom stereocenters. The number of ether oxygens (including phenoxy) is 2. The molecule has 10 heteroatoms. The van der Waals surface area contributed by atoms with Crippen LogP contribution >= 0.6 is 0 Å². The van der Waals surface area contributed by atoms with Gasteiger partial charge in [0.2, 0.25) is 5.91 Å². The summed E-state index contributed by atoms with van der Waals surface area (Å²) in [7, 11) is 0. The van der Waals surface area contributed by atoms with Crippen molar-refractivity contribution in [3.8, 4) is 0 Å². The largest absolute Gasteiger partial charge is 0.445 e. The summed E-state index contributed by atoms with van der Waals surface area (Å²) in [5.41, 5.74) is -1.49. The molecule has 2 heterocycles. The lowest BCUT2D eigenvalue weighted by Gasteiger charge is -2.35. The number of rotatable bonds is 6. The zero-order chi connectivity index (χ0) is 35.8. The van der Waals surface area contributed by atoms with Crippen LogP contribution in [0.2, 0.25) is 0 Å². The van der Waals surface area contributed by atoms with Gasteiger partial charge in [0, 0.05) is 32.9 Å². The number of piperazine rings is 1. The Labute approximate surface area is 215 Å². The molecule has 2 fully saturated rings. The molecule has 2 aliphatic rings. The summed E-state index contributed by atoms with van der Waals surface area (Å²) in [4.78, 5) is 36.6. The highest BCUT2D eigenvalue weighted by Gasteiger charge is 2.33. The summed E-state index contributed by atoms with van der Waals surface area (Å²) in [6.45, 7) is -21.4. The molecule has 2 saturated heterocycles. The maximum absolute atomic E-state index is 15.8. The van der Waals surface area contributed by atoms with E-state index >= 15 is 4.39 Å². The summed E-state index contributed by atoms with van der Waals surface area (Å²) >= 11 is 0. The second-order valence-electron chi connectivity index (χ2n) is 6.74. The average molecular weight is 484 g/mol. The van der Waals surface area contributed by atoms with Crippen molar-refractivity contribution in [2.75, 3.05) is 48.8 Å². The van der Waals surface area contributed by atoms with Gasteiger partial charge in [-0.3, -0.25) is 9.69 Å². The standard InChI is InChI=1S/C24H27FN4O5/c1-17(30)26-14-20-15-29(24(32)34-20)19-7-8-22(21(25)13-19)27-9-11-28(12-10-27)23(31)33-16-18-5-3-2-4-6-18/h2-8,13,20H,9-12,14-16H2,1H3,(H,26,30)/t20-/m0/s1/i9D2,10D2,11D2,12D2,14D2,15D2,20D. The van der Waals surface area contributed by atoms with Crippen LogP contribution in [-0.2, 0) is 20.9 Å². The number of halogens is 1. The molecular weight excluding hydrogens is 443 g/mol. The first-order valence-electron chi connectivity index (χ1n) is 16.2. The van der Waals surface area contributed by atoms with E-state index in [0.717, 1.165) is 6.92 Å². The Morgan fingerprint density at radius 3 is 2.65 bits per heavy atom. The third-order valence-electron chi connectivity index (χ3n) is 4.30. The molecule has 0 aliphatic carbocycles. The fourth-order valence-corrected chi connectivity index (χ4v) is 2.74. The van der Waals surface area contributed by atoms with Crippen molar-refractivity contribution in [2.24, 2.45) is 0 Å². The van der Waals surface area contributed by atoms with E-state index in [1.807, 2.05) is 0 Å². The molecule has 4 rings (SSSR count). The van der Waals surface area contributed by atoms with Gasteiger partial charge in [0.15, 0.2) is 0 Å². The third-order valence-corrected chi connectivity index (χ3v) is 4.30. The molecular formula is C24H27FN4O5. The fourth-order valence-electron chi connectivity index (χ4n) is 2.74. The van der Waals surface area contributed by atoms with E-state index in [4.69, 9.17) is 22.6 Å². The number of carbonyl (C=O) groups excluding carboxylic acids is 3. The molecule has 1 atom stereocenters. The van der Waals surface area contributed by atoms with Crippen LogP contribution < -0.4 is 15.1 Å². The van der Waals surface area contributed by atoms with Crippen LogP contribution in [0.3, 0.4) is 0 Å². The molecule has 34 heavy (non-hydrogen) atoms. The first kappa shape index (κ1) is 12.0. The first-order chi connectivity index (χ1) is 21.3. The lowest BCUT2D eigenvalue weighted by Crippen LogP contribution is -2.49. The van der Waals surface area contributed by atoms with Gasteiger partial charge in [0.1, 0.15) is 18.5 Å². The summed E-state index contributed by atoms with van der Waals surface area (Å²) in [6, 6.07) is 9.48. The Kier molecular flexibility index (Phi) is 3.69. The molecule has 0 aromatic heterocycles. The number of cyclic esters (lactones) is 1. The van der Waals surface area contributed by atoms with Crippen molar-refractivity contribution in [1.82, 2.24) is 10.2 Å². The number of nitrogens with zero attached hydrogens (tertiary/aromatic N) is 3. The van der Waals surface area contributed by atoms with E-state index in [9.17, 15) is 14.4 Å². The number of anilines is 2. The molecule has 0 bridgehead atoms. The van der Waals surface area contributed by atoms with Crippen LogP contribution in [0.4, 0.5) is 25.4 Å². The van der Waals surface area contributed by atoms with Crippen molar-refractivity contribution in [1.29, 1.82) is 0 Å². The monoisotopic (exact) mass is 483 g/mol. The number of hydrogen-bond acceptors (Lipinski definition) is 6. The molecule has 3 amide bonds. The quantitative estimate of drug-likeness (QED) is 0.680. The molecule has 0 radical (unpaired) electrons. The van der Waals surface area contributed by atoms with Crippen molar-refractivity contribution >= 4 is 29.5 Å². The van der Waals surface area contributed by atoms with Crippen LogP contribution in [0.5, 0.6) is 0 Å². The van der Waals surface area contributed by atoms with E-state index in [0.29, 0.717) is 23.8 Å². The molecule has 2 aromatic rings. The van der Waals surface area contributed by atoms with Crippen LogP contribution in [0, 0.1) is 5.82 Å². The topological polar surface area (TPSA) is 91.4 Å². The van der Waals surface area contributed by atoms with E-state index in [1.54, 1.807) is 23.5 Å². The van der Waals surface area contributed by atoms with Crippen LogP contribution in [-0.4, -0.2) is 68.1 Å². The normalized spacial score (nSPS) is 33.6. The van der Waals surface area contributed by atoms with Gasteiger partial charge in [-0.05, 0) is 23.8 Å². The lowest BCUT2D eigenvalue weighted by molar-refractivity contribution is -0.119. The Morgan fingerprint density at radius 1 is 1.24 bits per heavy atom. The van der Waals surface area contributed by atoms with Crippen LogP contribution in [0.25, 0.3) is 0 Å². The van der Waals surface area contributed by atoms with E-state index < -0.39 is 91.9 Å². The molecule has 180 valence electrons. The van der Waals surface area contributed by atoms with E-state index in [1.165, 1.54) is 12.1 Å². The summed E-state index contributed by atoms with van der Waals surface area (Å²) in [5, 5.41) is 1.67. The molecule has 0 spiro atoms. The highest BCUT2D eigenvalue weighted by Crippen LogP contribution is 2.28. The number of nitrogens with one attached hydrogen (secondary N) is 1. The van der Waals surface area contributed by atoms with Crippen molar-refractivity contribution < 1.29 is 46.1 Å². The fraction of sp³-hybridized carbons (Fsp3) is 0.375. The van der Waals surface area contributed by atoms with Crippen LogP contribution in [0.1, 0.15) is 30.3 Å². The van der Waals surface area contributed by atoms with Gasteiger partial charge >= 0.3 is 12.2 Å². The Balaban J connectivity index is 1.74. The smallest absolute Gasteiger partial charge is 0.414 e. The number of amides is 3. The summed E-state index contributed by atoms with van der Waals surface area (Å²) < 4.78 is 134. The predicted molar refractivity (Wildman–Crippen MR) is 123 cm³/mol. The highest BCUT2D eigenvalue weighted by atomic mass is 19.1. The average Bonchev–Trinajstić information content (AvgIpc) is 3.11. The van der Waals surface area contributed by atoms with Gasteiger partial charge in [-0.15, -0.1) is 0 Å². The molecule has 0 saturated carbocycles. The van der Waals surface area contributed by atoms with Gasteiger partial charge < -0.3 is 24.6 Å². The first-order valence-corrected chi connectivity index (χ1v) is 9.72. The Bertz CT molecular complexity index is 1570. The Morgan fingerprint density at radius 2 is 1.97 bits per heavy atom. The third kappa shape index (κ3) is 5.56. The van der Waals surface area contributed by atoms with Crippen molar-refractivity contribution in [3.63, 3.8) is 0 Å². The van der Waals surface area contributed by atoms with Gasteiger partial charge in [0.05, 0.1) is 42.2 Å². The van der Waals surface area contributed by atoms with E-state index in [-0.39, 0.29) is 9.80 Å². The van der Waals surface area contributed by atoms with E-state index in [2.05, 4.69) is 4.74 Å². The summed E-state index contributed by atoms with van der Waals surface area (Å²) in [6.07, 6.45) is -6.92. The summed E-state index contributed by atoms with van der Waals surface area (Å²) in [5.74, 6) is -2.70. The lowest BCUT2D eigenvalue weighted by atomic mass is 10.2. The minimum atomic E-state index is -3.74. The minimum Gasteiger partial charge on any atom is -0.445 e. The zero-order valence-corrected chi connectivity index (χ0v) is 17.6. The number of hydrogen-bond donors (Lipinski definition) is 1.